The van der Waals surface area contributed by atoms with E-state index in [-0.39, 0.29) is 0 Å². The lowest BCUT2D eigenvalue weighted by Crippen LogP contribution is -2.00. The maximum Gasteiger partial charge on any atom is 0.106 e. The fraction of sp³-hybridized carbons (Fsp3) is 0.308. The molecule has 84 valence electrons. The first-order valence-corrected chi connectivity index (χ1v) is 5.42. The van der Waals surface area contributed by atoms with Gasteiger partial charge in [-0.1, -0.05) is 29.8 Å². The summed E-state index contributed by atoms with van der Waals surface area (Å²) in [5, 5.41) is 0. The average Bonchev–Trinajstić information content (AvgIpc) is 2.57. The Morgan fingerprint density at radius 1 is 1.19 bits per heavy atom. The molecule has 0 fully saturated rings. The Balaban J connectivity index is 2.58. The molecule has 0 unspecified atom stereocenters. The highest BCUT2D eigenvalue weighted by Gasteiger charge is 2.12. The molecule has 3 nitrogen and oxygen atoms in total. The number of imidazole rings is 1. The second kappa shape index (κ2) is 4.10. The van der Waals surface area contributed by atoms with Crippen molar-refractivity contribution in [2.45, 2.75) is 20.4 Å². The summed E-state index contributed by atoms with van der Waals surface area (Å²) in [6.07, 6.45) is 0. The largest absolute Gasteiger partial charge is 0.331 e. The Morgan fingerprint density at radius 2 is 1.81 bits per heavy atom. The Bertz CT molecular complexity index is 495. The van der Waals surface area contributed by atoms with E-state index in [1.165, 1.54) is 11.1 Å². The maximum absolute atomic E-state index is 5.72. The fourth-order valence-corrected chi connectivity index (χ4v) is 1.89. The molecular weight excluding hydrogens is 198 g/mol. The lowest BCUT2D eigenvalue weighted by molar-refractivity contribution is 0.865. The van der Waals surface area contributed by atoms with E-state index in [1.54, 1.807) is 0 Å². The smallest absolute Gasteiger partial charge is 0.106 e. The highest BCUT2D eigenvalue weighted by atomic mass is 15.1. The zero-order chi connectivity index (χ0) is 11.7. The summed E-state index contributed by atoms with van der Waals surface area (Å²) in [5.74, 6) is 0.996. The van der Waals surface area contributed by atoms with Crippen LogP contribution < -0.4 is 5.73 Å². The molecule has 1 aromatic carbocycles. The molecule has 0 bridgehead atoms. The van der Waals surface area contributed by atoms with E-state index < -0.39 is 0 Å². The maximum atomic E-state index is 5.72. The zero-order valence-electron chi connectivity index (χ0n) is 9.99. The number of hydrogen-bond acceptors (Lipinski definition) is 2. The van der Waals surface area contributed by atoms with Crippen molar-refractivity contribution in [3.63, 3.8) is 0 Å². The summed E-state index contributed by atoms with van der Waals surface area (Å²) in [6, 6.07) is 8.45. The van der Waals surface area contributed by atoms with Crippen LogP contribution in [0.15, 0.2) is 24.3 Å². The number of nitrogens with zero attached hydrogens (tertiary/aromatic N) is 2. The number of hydrogen-bond donors (Lipinski definition) is 1. The number of nitrogens with two attached hydrogens (primary N) is 1. The van der Waals surface area contributed by atoms with Crippen molar-refractivity contribution in [3.8, 4) is 11.3 Å². The van der Waals surface area contributed by atoms with E-state index in [9.17, 15) is 0 Å². The van der Waals surface area contributed by atoms with Crippen LogP contribution in [0.3, 0.4) is 0 Å². The second-order valence-electron chi connectivity index (χ2n) is 4.08. The fourth-order valence-electron chi connectivity index (χ4n) is 1.89. The zero-order valence-corrected chi connectivity index (χ0v) is 9.99. The number of rotatable bonds is 2. The SMILES string of the molecule is Cc1ccc(-c2c(CN)nc(C)n2C)cc1. The predicted octanol–water partition coefficient (Wildman–Crippen LogP) is 2.16. The van der Waals surface area contributed by atoms with E-state index >= 15 is 0 Å². The minimum Gasteiger partial charge on any atom is -0.331 e. The number of aromatic nitrogens is 2. The molecule has 2 N–H and O–H groups in total. The molecule has 0 aliphatic carbocycles. The van der Waals surface area contributed by atoms with E-state index in [2.05, 4.69) is 40.7 Å². The van der Waals surface area contributed by atoms with Crippen LogP contribution in [0.1, 0.15) is 17.1 Å². The quantitative estimate of drug-likeness (QED) is 0.834. The Kier molecular flexibility index (Phi) is 2.79. The summed E-state index contributed by atoms with van der Waals surface area (Å²) >= 11 is 0. The molecule has 0 aliphatic rings. The Hall–Kier alpha value is -1.61. The predicted molar refractivity (Wildman–Crippen MR) is 66.0 cm³/mol. The molecule has 0 radical (unpaired) electrons. The summed E-state index contributed by atoms with van der Waals surface area (Å²) in [4.78, 5) is 4.47. The number of benzene rings is 1. The van der Waals surface area contributed by atoms with Gasteiger partial charge in [-0.2, -0.15) is 0 Å². The molecule has 2 rings (SSSR count). The topological polar surface area (TPSA) is 43.8 Å². The standard InChI is InChI=1S/C13H17N3/c1-9-4-6-11(7-5-9)13-12(8-14)15-10(2)16(13)3/h4-7H,8,14H2,1-3H3. The first kappa shape index (κ1) is 10.9. The van der Waals surface area contributed by atoms with Crippen LogP contribution in [0.5, 0.6) is 0 Å². The molecule has 1 aromatic heterocycles. The van der Waals surface area contributed by atoms with Crippen LogP contribution in [0.2, 0.25) is 0 Å². The first-order valence-electron chi connectivity index (χ1n) is 5.42. The van der Waals surface area contributed by atoms with Crippen LogP contribution in [0.4, 0.5) is 0 Å². The Labute approximate surface area is 95.9 Å². The highest BCUT2D eigenvalue weighted by molar-refractivity contribution is 5.63. The minimum absolute atomic E-state index is 0.477. The van der Waals surface area contributed by atoms with Gasteiger partial charge in [0.15, 0.2) is 0 Å². The first-order chi connectivity index (χ1) is 7.63. The van der Waals surface area contributed by atoms with Gasteiger partial charge in [0.25, 0.3) is 0 Å². The normalized spacial score (nSPS) is 10.8. The van der Waals surface area contributed by atoms with Gasteiger partial charge in [-0.3, -0.25) is 0 Å². The van der Waals surface area contributed by atoms with Crippen molar-refractivity contribution in [2.24, 2.45) is 12.8 Å². The highest BCUT2D eigenvalue weighted by Crippen LogP contribution is 2.24. The van der Waals surface area contributed by atoms with Gasteiger partial charge in [-0.05, 0) is 13.8 Å². The van der Waals surface area contributed by atoms with E-state index in [1.807, 2.05) is 14.0 Å². The van der Waals surface area contributed by atoms with Crippen LogP contribution >= 0.6 is 0 Å². The van der Waals surface area contributed by atoms with E-state index in [0.717, 1.165) is 17.2 Å². The van der Waals surface area contributed by atoms with E-state index in [4.69, 9.17) is 5.73 Å². The molecule has 2 aromatic rings. The minimum atomic E-state index is 0.477. The van der Waals surface area contributed by atoms with Gasteiger partial charge in [0.2, 0.25) is 0 Å². The summed E-state index contributed by atoms with van der Waals surface area (Å²) < 4.78 is 2.09. The van der Waals surface area contributed by atoms with Gasteiger partial charge in [0.1, 0.15) is 5.82 Å². The van der Waals surface area contributed by atoms with E-state index in [0.29, 0.717) is 6.54 Å². The van der Waals surface area contributed by atoms with Crippen molar-refractivity contribution in [1.82, 2.24) is 9.55 Å². The molecule has 1 heterocycles. The molecule has 0 saturated carbocycles. The summed E-state index contributed by atoms with van der Waals surface area (Å²) in [5.41, 5.74) is 10.2. The number of aryl methyl sites for hydroxylation is 2. The van der Waals surface area contributed by atoms with Gasteiger partial charge in [-0.25, -0.2) is 4.98 Å². The van der Waals surface area contributed by atoms with Crippen molar-refractivity contribution in [1.29, 1.82) is 0 Å². The lowest BCUT2D eigenvalue weighted by Gasteiger charge is -2.06. The molecular formula is C13H17N3. The molecule has 0 spiro atoms. The molecule has 0 atom stereocenters. The van der Waals surface area contributed by atoms with Crippen molar-refractivity contribution >= 4 is 0 Å². The Morgan fingerprint density at radius 3 is 2.38 bits per heavy atom. The van der Waals surface area contributed by atoms with Gasteiger partial charge in [0.05, 0.1) is 11.4 Å². The van der Waals surface area contributed by atoms with Crippen molar-refractivity contribution < 1.29 is 0 Å². The lowest BCUT2D eigenvalue weighted by atomic mass is 10.1. The van der Waals surface area contributed by atoms with Crippen molar-refractivity contribution in [3.05, 3.63) is 41.3 Å². The van der Waals surface area contributed by atoms with Crippen molar-refractivity contribution in [2.75, 3.05) is 0 Å². The third-order valence-corrected chi connectivity index (χ3v) is 2.91. The monoisotopic (exact) mass is 215 g/mol. The van der Waals surface area contributed by atoms with Crippen LogP contribution in [0, 0.1) is 13.8 Å². The van der Waals surface area contributed by atoms with Crippen LogP contribution in [-0.4, -0.2) is 9.55 Å². The third kappa shape index (κ3) is 1.74. The van der Waals surface area contributed by atoms with Gasteiger partial charge in [-0.15, -0.1) is 0 Å². The summed E-state index contributed by atoms with van der Waals surface area (Å²) in [7, 11) is 2.02. The molecule has 0 saturated heterocycles. The summed E-state index contributed by atoms with van der Waals surface area (Å²) in [6.45, 7) is 4.56. The van der Waals surface area contributed by atoms with Gasteiger partial charge < -0.3 is 10.3 Å². The molecule has 0 amide bonds. The molecule has 16 heavy (non-hydrogen) atoms. The second-order valence-corrected chi connectivity index (χ2v) is 4.08. The van der Waals surface area contributed by atoms with Gasteiger partial charge >= 0.3 is 0 Å². The third-order valence-electron chi connectivity index (χ3n) is 2.91. The molecule has 3 heteroatoms. The van der Waals surface area contributed by atoms with Crippen LogP contribution in [0.25, 0.3) is 11.3 Å². The van der Waals surface area contributed by atoms with Gasteiger partial charge in [0, 0.05) is 19.2 Å². The average molecular weight is 215 g/mol. The molecule has 0 aliphatic heterocycles. The van der Waals surface area contributed by atoms with Crippen LogP contribution in [-0.2, 0) is 13.6 Å².